The van der Waals surface area contributed by atoms with Crippen molar-refractivity contribution in [3.63, 3.8) is 0 Å². The van der Waals surface area contributed by atoms with Crippen LogP contribution in [-0.2, 0) is 11.2 Å². The number of phenols is 2. The van der Waals surface area contributed by atoms with Gasteiger partial charge in [-0.3, -0.25) is 0 Å². The first-order valence-corrected chi connectivity index (χ1v) is 5.26. The molecule has 94 valence electrons. The molecular weight excluding hydrogens is 222 g/mol. The lowest BCUT2D eigenvalue weighted by Gasteiger charge is -2.31. The number of hydrogen-bond acceptors (Lipinski definition) is 3. The molecule has 0 heterocycles. The van der Waals surface area contributed by atoms with Gasteiger partial charge in [0.1, 0.15) is 0 Å². The first-order valence-electron chi connectivity index (χ1n) is 5.26. The van der Waals surface area contributed by atoms with Crippen LogP contribution in [0.2, 0.25) is 0 Å². The van der Waals surface area contributed by atoms with Crippen molar-refractivity contribution in [3.05, 3.63) is 23.8 Å². The summed E-state index contributed by atoms with van der Waals surface area (Å²) in [6.07, 6.45) is 0.298. The number of carbonyl (C=O) groups is 1. The third-order valence-electron chi connectivity index (χ3n) is 2.69. The minimum absolute atomic E-state index is 0.203. The Hall–Kier alpha value is -1.75. The topological polar surface area (TPSA) is 77.8 Å². The molecule has 1 rings (SSSR count). The first kappa shape index (κ1) is 13.3. The summed E-state index contributed by atoms with van der Waals surface area (Å²) in [5.41, 5.74) is 0.681. The maximum Gasteiger partial charge on any atom is 0.362 e. The fourth-order valence-corrected chi connectivity index (χ4v) is 1.61. The molecule has 0 aliphatic carbocycles. The van der Waals surface area contributed by atoms with Crippen LogP contribution in [0.5, 0.6) is 11.5 Å². The zero-order chi connectivity index (χ0) is 13.2. The summed E-state index contributed by atoms with van der Waals surface area (Å²) < 4.78 is 0.289. The molecule has 0 saturated heterocycles. The summed E-state index contributed by atoms with van der Waals surface area (Å²) >= 11 is 0. The van der Waals surface area contributed by atoms with Crippen LogP contribution < -0.4 is 0 Å². The average molecular weight is 240 g/mol. The molecule has 0 aliphatic rings. The van der Waals surface area contributed by atoms with Gasteiger partial charge in [0.05, 0.1) is 21.1 Å². The lowest BCUT2D eigenvalue weighted by atomic mass is 10.0. The van der Waals surface area contributed by atoms with Crippen LogP contribution in [0.3, 0.4) is 0 Å². The number of carboxylic acids is 1. The second-order valence-corrected chi connectivity index (χ2v) is 5.00. The fraction of sp³-hybridized carbons (Fsp3) is 0.417. The molecule has 0 saturated carbocycles. The third kappa shape index (κ3) is 3.35. The van der Waals surface area contributed by atoms with E-state index in [1.807, 2.05) is 0 Å². The Labute approximate surface area is 100 Å². The van der Waals surface area contributed by atoms with E-state index in [0.29, 0.717) is 12.0 Å². The van der Waals surface area contributed by atoms with Crippen molar-refractivity contribution >= 4 is 5.97 Å². The molecule has 0 spiro atoms. The molecule has 1 aromatic rings. The molecule has 0 aromatic heterocycles. The van der Waals surface area contributed by atoms with Crippen molar-refractivity contribution in [1.82, 2.24) is 0 Å². The van der Waals surface area contributed by atoms with E-state index in [1.54, 1.807) is 27.2 Å². The van der Waals surface area contributed by atoms with Crippen LogP contribution in [-0.4, -0.2) is 53.0 Å². The number of phenolic OH excluding ortho intramolecular Hbond substituents is 2. The SMILES string of the molecule is C[N+](C)(C)[C@@H](Cc1ccc(O)c(O)c1)C(=O)O. The number of aliphatic carboxylic acids is 1. The van der Waals surface area contributed by atoms with Crippen LogP contribution in [0, 0.1) is 0 Å². The van der Waals surface area contributed by atoms with Crippen molar-refractivity contribution in [2.24, 2.45) is 0 Å². The van der Waals surface area contributed by atoms with Gasteiger partial charge in [0.15, 0.2) is 17.5 Å². The third-order valence-corrected chi connectivity index (χ3v) is 2.69. The van der Waals surface area contributed by atoms with Crippen LogP contribution >= 0.6 is 0 Å². The number of likely N-dealkylation sites (N-methyl/N-ethyl adjacent to an activating group) is 1. The highest BCUT2D eigenvalue weighted by Gasteiger charge is 2.31. The van der Waals surface area contributed by atoms with Crippen molar-refractivity contribution in [2.45, 2.75) is 12.5 Å². The zero-order valence-corrected chi connectivity index (χ0v) is 10.2. The minimum Gasteiger partial charge on any atom is -0.504 e. The number of carboxylic acid groups (broad SMARTS) is 1. The number of rotatable bonds is 4. The molecule has 1 atom stereocenters. The largest absolute Gasteiger partial charge is 0.504 e. The van der Waals surface area contributed by atoms with Gasteiger partial charge in [-0.1, -0.05) is 6.07 Å². The summed E-state index contributed by atoms with van der Waals surface area (Å²) in [6.45, 7) is 0. The Morgan fingerprint density at radius 2 is 1.82 bits per heavy atom. The lowest BCUT2D eigenvalue weighted by Crippen LogP contribution is -2.51. The summed E-state index contributed by atoms with van der Waals surface area (Å²) in [7, 11) is 5.41. The fourth-order valence-electron chi connectivity index (χ4n) is 1.61. The Morgan fingerprint density at radius 3 is 2.24 bits per heavy atom. The zero-order valence-electron chi connectivity index (χ0n) is 10.2. The second-order valence-electron chi connectivity index (χ2n) is 5.00. The lowest BCUT2D eigenvalue weighted by molar-refractivity contribution is -0.887. The van der Waals surface area contributed by atoms with E-state index in [-0.39, 0.29) is 16.0 Å². The van der Waals surface area contributed by atoms with Gasteiger partial charge < -0.3 is 19.8 Å². The molecule has 17 heavy (non-hydrogen) atoms. The Bertz CT molecular complexity index is 423. The van der Waals surface area contributed by atoms with E-state index < -0.39 is 12.0 Å². The number of nitrogens with zero attached hydrogens (tertiary/aromatic N) is 1. The molecule has 0 radical (unpaired) electrons. The monoisotopic (exact) mass is 240 g/mol. The van der Waals surface area contributed by atoms with Crippen molar-refractivity contribution in [2.75, 3.05) is 21.1 Å². The smallest absolute Gasteiger partial charge is 0.362 e. The average Bonchev–Trinajstić information content (AvgIpc) is 2.17. The Kier molecular flexibility index (Phi) is 3.63. The maximum atomic E-state index is 11.2. The Morgan fingerprint density at radius 1 is 1.24 bits per heavy atom. The number of quaternary nitrogens is 1. The second kappa shape index (κ2) is 4.63. The van der Waals surface area contributed by atoms with Crippen molar-refractivity contribution in [3.8, 4) is 11.5 Å². The predicted molar refractivity (Wildman–Crippen MR) is 62.9 cm³/mol. The number of aromatic hydroxyl groups is 2. The standard InChI is InChI=1S/C12H17NO4/c1-13(2,3)9(12(16)17)6-8-4-5-10(14)11(15)7-8/h4-5,7,9H,6H2,1-3H3,(H2-,14,15,16,17)/p+1/t9-/m0/s1. The molecule has 3 N–H and O–H groups in total. The summed E-state index contributed by atoms with van der Waals surface area (Å²) in [6, 6.07) is 3.76. The van der Waals surface area contributed by atoms with Crippen LogP contribution in [0.25, 0.3) is 0 Å². The first-order chi connectivity index (χ1) is 7.71. The highest BCUT2D eigenvalue weighted by molar-refractivity contribution is 5.72. The van der Waals surface area contributed by atoms with Gasteiger partial charge in [-0.15, -0.1) is 0 Å². The molecule has 0 unspecified atom stereocenters. The maximum absolute atomic E-state index is 11.2. The Balaban J connectivity index is 2.95. The molecule has 0 aliphatic heterocycles. The highest BCUT2D eigenvalue weighted by atomic mass is 16.4. The predicted octanol–water partition coefficient (Wildman–Crippen LogP) is 0.800. The summed E-state index contributed by atoms with van der Waals surface area (Å²) in [4.78, 5) is 11.2. The quantitative estimate of drug-likeness (QED) is 0.537. The van der Waals surface area contributed by atoms with Crippen molar-refractivity contribution in [1.29, 1.82) is 0 Å². The molecular formula is C12H18NO4+. The van der Waals surface area contributed by atoms with E-state index in [4.69, 9.17) is 5.11 Å². The van der Waals surface area contributed by atoms with Gasteiger partial charge in [-0.2, -0.15) is 0 Å². The molecule has 5 heteroatoms. The normalized spacial score (nSPS) is 13.4. The highest BCUT2D eigenvalue weighted by Crippen LogP contribution is 2.26. The molecule has 0 amide bonds. The van der Waals surface area contributed by atoms with Gasteiger partial charge in [-0.25, -0.2) is 4.79 Å². The summed E-state index contributed by atoms with van der Waals surface area (Å²) in [5, 5.41) is 27.7. The molecule has 0 fully saturated rings. The van der Waals surface area contributed by atoms with Gasteiger partial charge in [0.2, 0.25) is 0 Å². The van der Waals surface area contributed by atoms with Crippen molar-refractivity contribution < 1.29 is 24.6 Å². The molecule has 0 bridgehead atoms. The summed E-state index contributed by atoms with van der Waals surface area (Å²) in [5.74, 6) is -1.32. The van der Waals surface area contributed by atoms with Gasteiger partial charge >= 0.3 is 5.97 Å². The van der Waals surface area contributed by atoms with Crippen LogP contribution in [0.4, 0.5) is 0 Å². The van der Waals surface area contributed by atoms with E-state index in [0.717, 1.165) is 0 Å². The van der Waals surface area contributed by atoms with E-state index >= 15 is 0 Å². The van der Waals surface area contributed by atoms with Gasteiger partial charge in [0.25, 0.3) is 0 Å². The molecule has 1 aromatic carbocycles. The van der Waals surface area contributed by atoms with Gasteiger partial charge in [-0.05, 0) is 17.7 Å². The van der Waals surface area contributed by atoms with Gasteiger partial charge in [0, 0.05) is 6.42 Å². The number of benzene rings is 1. The number of hydrogen-bond donors (Lipinski definition) is 3. The molecule has 5 nitrogen and oxygen atoms in total. The van der Waals surface area contributed by atoms with E-state index in [9.17, 15) is 15.0 Å². The van der Waals surface area contributed by atoms with Crippen LogP contribution in [0.15, 0.2) is 18.2 Å². The van der Waals surface area contributed by atoms with E-state index in [2.05, 4.69) is 0 Å². The van der Waals surface area contributed by atoms with E-state index in [1.165, 1.54) is 12.1 Å². The minimum atomic E-state index is -0.884. The van der Waals surface area contributed by atoms with Crippen LogP contribution in [0.1, 0.15) is 5.56 Å².